The second kappa shape index (κ2) is 5.09. The van der Waals surface area contributed by atoms with Crippen LogP contribution in [0.3, 0.4) is 0 Å². The first-order valence-corrected chi connectivity index (χ1v) is 7.37. The molecule has 0 spiro atoms. The molecule has 0 N–H and O–H groups in total. The molecule has 3 rings (SSSR count). The summed E-state index contributed by atoms with van der Waals surface area (Å²) in [7, 11) is -0.919. The van der Waals surface area contributed by atoms with Crippen LogP contribution in [-0.2, 0) is 14.0 Å². The summed E-state index contributed by atoms with van der Waals surface area (Å²) < 4.78 is 66.3. The van der Waals surface area contributed by atoms with Crippen LogP contribution in [0, 0.1) is 0 Å². The highest BCUT2D eigenvalue weighted by atomic mass is 32.1. The molecule has 0 saturated carbocycles. The van der Waals surface area contributed by atoms with Gasteiger partial charge in [-0.2, -0.15) is 0 Å². The van der Waals surface area contributed by atoms with Crippen molar-refractivity contribution in [3.05, 3.63) is 10.4 Å². The van der Waals surface area contributed by atoms with E-state index in [0.717, 1.165) is 11.3 Å². The number of nitrogens with zero attached hydrogens (tertiary/aromatic N) is 1. The first-order valence-electron chi connectivity index (χ1n) is 9.56. The first-order chi connectivity index (χ1) is 11.6. The minimum Gasteiger partial charge on any atom is -0.398 e. The summed E-state index contributed by atoms with van der Waals surface area (Å²) in [5, 5.41) is -0.131. The molecule has 3 heterocycles. The van der Waals surface area contributed by atoms with Crippen LogP contribution < -0.4 is 5.59 Å². The van der Waals surface area contributed by atoms with Crippen molar-refractivity contribution >= 4 is 24.0 Å². The molecule has 1 aromatic heterocycles. The molecule has 4 nitrogen and oxygen atoms in total. The van der Waals surface area contributed by atoms with Gasteiger partial charge in [0.1, 0.15) is 0 Å². The van der Waals surface area contributed by atoms with E-state index in [-0.39, 0.29) is 16.0 Å². The molecule has 2 aliphatic heterocycles. The molecule has 0 radical (unpaired) electrons. The monoisotopic (exact) mass is 301 g/mol. The highest BCUT2D eigenvalue weighted by Gasteiger charge is 2.52. The van der Waals surface area contributed by atoms with Crippen LogP contribution in [0.1, 0.15) is 59.6 Å². The molecule has 1 aromatic rings. The van der Waals surface area contributed by atoms with E-state index >= 15 is 0 Å². The molecular weight excluding hydrogens is 273 g/mol. The summed E-state index contributed by atoms with van der Waals surface area (Å²) in [6.45, 7) is 6.65. The molecule has 0 bridgehead atoms. The Morgan fingerprint density at radius 3 is 2.55 bits per heavy atom. The summed E-state index contributed by atoms with van der Waals surface area (Å²) in [6, 6.07) is 0. The lowest BCUT2D eigenvalue weighted by molar-refractivity contribution is 0.00578. The lowest BCUT2D eigenvalue weighted by Gasteiger charge is -2.32. The molecule has 2 fully saturated rings. The van der Waals surface area contributed by atoms with E-state index in [1.165, 1.54) is 0 Å². The highest BCUT2D eigenvalue weighted by Crippen LogP contribution is 2.37. The number of ether oxygens (including phenoxy) is 1. The molecule has 2 aliphatic rings. The molecule has 110 valence electrons. The van der Waals surface area contributed by atoms with Crippen molar-refractivity contribution in [1.82, 2.24) is 4.98 Å². The third-order valence-electron chi connectivity index (χ3n) is 3.87. The highest BCUT2D eigenvalue weighted by molar-refractivity contribution is 7.10. The third kappa shape index (κ3) is 2.54. The van der Waals surface area contributed by atoms with E-state index in [9.17, 15) is 0 Å². The van der Waals surface area contributed by atoms with Gasteiger partial charge in [0.05, 0.1) is 23.2 Å². The Balaban J connectivity index is 2.03. The van der Waals surface area contributed by atoms with Crippen LogP contribution in [0.15, 0.2) is 5.36 Å². The molecule has 0 atom stereocenters. The standard InChI is InChI=1S/C14H22BNO3S/c1-13(2)14(3,4)19-15(18-13)11-9-20-12(16-11)10-5-7-17-8-6-10/h9-10H,5-8H2,1-4H3/i5D2,6D2,9D,10D. The number of aromatic nitrogens is 1. The fraction of sp³-hybridized carbons (Fsp3) is 0.786. The SMILES string of the molecule is [2H]c1sc(C2([2H])C([2H])([2H])COCC2([2H])[2H])nc1B1OC(C)(C)C(C)(C)O1. The molecular formula is C14H22BNO3S. The largest absolute Gasteiger partial charge is 0.515 e. The molecule has 20 heavy (non-hydrogen) atoms. The maximum Gasteiger partial charge on any atom is 0.515 e. The van der Waals surface area contributed by atoms with Crippen molar-refractivity contribution < 1.29 is 22.3 Å². The Morgan fingerprint density at radius 1 is 1.35 bits per heavy atom. The summed E-state index contributed by atoms with van der Waals surface area (Å²) >= 11 is 0.784. The van der Waals surface area contributed by atoms with Crippen LogP contribution in [0.25, 0.3) is 0 Å². The van der Waals surface area contributed by atoms with Crippen molar-refractivity contribution in [3.63, 3.8) is 0 Å². The average Bonchev–Trinajstić information content (AvgIpc) is 2.93. The lowest BCUT2D eigenvalue weighted by Crippen LogP contribution is -2.41. The zero-order valence-corrected chi connectivity index (χ0v) is 12.9. The Labute approximate surface area is 133 Å². The van der Waals surface area contributed by atoms with Gasteiger partial charge in [0, 0.05) is 31.3 Å². The topological polar surface area (TPSA) is 40.6 Å². The molecule has 0 aromatic carbocycles. The molecule has 0 unspecified atom stereocenters. The molecule has 6 heteroatoms. The maximum absolute atomic E-state index is 8.66. The molecule has 2 saturated heterocycles. The van der Waals surface area contributed by atoms with Gasteiger partial charge in [0.25, 0.3) is 0 Å². The van der Waals surface area contributed by atoms with Gasteiger partial charge >= 0.3 is 7.12 Å². The molecule has 0 amide bonds. The van der Waals surface area contributed by atoms with Crippen molar-refractivity contribution in [2.75, 3.05) is 13.2 Å². The predicted octanol–water partition coefficient (Wildman–Crippen LogP) is 2.34. The van der Waals surface area contributed by atoms with Gasteiger partial charge in [0.15, 0.2) is 0 Å². The third-order valence-corrected chi connectivity index (χ3v) is 4.67. The Morgan fingerprint density at radius 2 is 1.95 bits per heavy atom. The smallest absolute Gasteiger partial charge is 0.398 e. The quantitative estimate of drug-likeness (QED) is 0.786. The van der Waals surface area contributed by atoms with E-state index in [1.54, 1.807) is 0 Å². The van der Waals surface area contributed by atoms with Gasteiger partial charge in [-0.3, -0.25) is 0 Å². The molecule has 0 aliphatic carbocycles. The number of hydrogen-bond acceptors (Lipinski definition) is 5. The van der Waals surface area contributed by atoms with Gasteiger partial charge in [-0.25, -0.2) is 4.98 Å². The lowest BCUT2D eigenvalue weighted by atomic mass is 9.86. The van der Waals surface area contributed by atoms with E-state index in [4.69, 9.17) is 22.3 Å². The number of hydrogen-bond donors (Lipinski definition) is 0. The van der Waals surface area contributed by atoms with Crippen molar-refractivity contribution in [1.29, 1.82) is 0 Å². The van der Waals surface area contributed by atoms with Gasteiger partial charge < -0.3 is 14.0 Å². The van der Waals surface area contributed by atoms with Crippen LogP contribution in [0.4, 0.5) is 0 Å². The summed E-state index contributed by atoms with van der Waals surface area (Å²) in [5.41, 5.74) is -1.11. The predicted molar refractivity (Wildman–Crippen MR) is 80.6 cm³/mol. The van der Waals surface area contributed by atoms with Crippen LogP contribution in [0.2, 0.25) is 0 Å². The van der Waals surface area contributed by atoms with Crippen molar-refractivity contribution in [2.45, 2.75) is 57.5 Å². The second-order valence-corrected chi connectivity index (χ2v) is 6.61. The van der Waals surface area contributed by atoms with Crippen LogP contribution >= 0.6 is 11.3 Å². The van der Waals surface area contributed by atoms with E-state index in [1.807, 2.05) is 27.7 Å². The minimum atomic E-state index is -2.30. The van der Waals surface area contributed by atoms with Gasteiger partial charge in [0.2, 0.25) is 0 Å². The van der Waals surface area contributed by atoms with E-state index in [0.29, 0.717) is 0 Å². The van der Waals surface area contributed by atoms with Gasteiger partial charge in [-0.1, -0.05) is 0 Å². The van der Waals surface area contributed by atoms with E-state index < -0.39 is 50.2 Å². The Bertz CT molecular complexity index is 694. The number of rotatable bonds is 2. The van der Waals surface area contributed by atoms with Crippen LogP contribution in [-0.4, -0.2) is 36.5 Å². The summed E-state index contributed by atoms with van der Waals surface area (Å²) in [6.07, 6.45) is -4.60. The van der Waals surface area contributed by atoms with Gasteiger partial charge in [-0.15, -0.1) is 11.3 Å². The zero-order valence-electron chi connectivity index (χ0n) is 18.1. The maximum atomic E-state index is 8.66. The normalized spacial score (nSPS) is 37.1. The van der Waals surface area contributed by atoms with Crippen molar-refractivity contribution in [3.8, 4) is 0 Å². The Hall–Kier alpha value is -0.425. The fourth-order valence-electron chi connectivity index (χ4n) is 1.93. The number of thiazole rings is 1. The Kier molecular flexibility index (Phi) is 2.26. The van der Waals surface area contributed by atoms with Gasteiger partial charge in [-0.05, 0) is 40.4 Å². The van der Waals surface area contributed by atoms with Crippen molar-refractivity contribution in [2.24, 2.45) is 0 Å². The van der Waals surface area contributed by atoms with E-state index in [2.05, 4.69) is 4.98 Å². The summed E-state index contributed by atoms with van der Waals surface area (Å²) in [5.74, 6) is -2.29. The van der Waals surface area contributed by atoms with Crippen LogP contribution in [0.5, 0.6) is 0 Å². The average molecular weight is 301 g/mol. The summed E-state index contributed by atoms with van der Waals surface area (Å²) in [4.78, 5) is 4.27. The fourth-order valence-corrected chi connectivity index (χ4v) is 2.66. The minimum absolute atomic E-state index is 0.0248. The first kappa shape index (κ1) is 8.88. The second-order valence-electron chi connectivity index (χ2n) is 5.82. The zero-order chi connectivity index (χ0) is 19.8.